The molecule has 1 heterocycles. The predicted octanol–water partition coefficient (Wildman–Crippen LogP) is 2.05. The van der Waals surface area contributed by atoms with Crippen molar-refractivity contribution in [3.05, 3.63) is 35.4 Å². The highest BCUT2D eigenvalue weighted by Gasteiger charge is 2.30. The zero-order chi connectivity index (χ0) is 11.6. The van der Waals surface area contributed by atoms with Crippen molar-refractivity contribution < 1.29 is 18.6 Å². The third-order valence-corrected chi connectivity index (χ3v) is 2.94. The quantitative estimate of drug-likeness (QED) is 0.839. The Morgan fingerprint density at radius 3 is 2.50 bits per heavy atom. The van der Waals surface area contributed by atoms with Crippen molar-refractivity contribution >= 4 is 0 Å². The normalized spacial score (nSPS) is 19.7. The van der Waals surface area contributed by atoms with Crippen LogP contribution in [0.25, 0.3) is 0 Å². The van der Waals surface area contributed by atoms with E-state index in [9.17, 15) is 13.9 Å². The molecule has 2 rings (SSSR count). The first-order chi connectivity index (χ1) is 7.59. The van der Waals surface area contributed by atoms with Crippen molar-refractivity contribution in [3.8, 4) is 0 Å². The van der Waals surface area contributed by atoms with Gasteiger partial charge in [0.15, 0.2) is 11.6 Å². The van der Waals surface area contributed by atoms with Crippen molar-refractivity contribution in [2.24, 2.45) is 0 Å². The van der Waals surface area contributed by atoms with E-state index in [0.717, 1.165) is 12.1 Å². The largest absolute Gasteiger partial charge is 0.389 e. The van der Waals surface area contributed by atoms with Gasteiger partial charge in [0.2, 0.25) is 0 Å². The number of ether oxygens (including phenoxy) is 1. The standard InChI is InChI=1S/C12H14F2O2/c13-10-2-1-9(7-11(10)14)8-12(15)3-5-16-6-4-12/h1-2,7,15H,3-6,8H2. The van der Waals surface area contributed by atoms with Gasteiger partial charge in [-0.2, -0.15) is 0 Å². The molecule has 1 aromatic rings. The molecule has 1 N–H and O–H groups in total. The number of hydrogen-bond acceptors (Lipinski definition) is 2. The fourth-order valence-corrected chi connectivity index (χ4v) is 1.96. The molecule has 0 saturated carbocycles. The Morgan fingerprint density at radius 1 is 1.19 bits per heavy atom. The summed E-state index contributed by atoms with van der Waals surface area (Å²) in [6.07, 6.45) is 1.41. The summed E-state index contributed by atoms with van der Waals surface area (Å²) in [4.78, 5) is 0. The molecule has 0 spiro atoms. The number of rotatable bonds is 2. The maximum absolute atomic E-state index is 13.0. The topological polar surface area (TPSA) is 29.5 Å². The lowest BCUT2D eigenvalue weighted by molar-refractivity contribution is -0.0626. The van der Waals surface area contributed by atoms with Crippen LogP contribution in [0, 0.1) is 11.6 Å². The average Bonchev–Trinajstić information content (AvgIpc) is 2.24. The van der Waals surface area contributed by atoms with Crippen molar-refractivity contribution in [1.82, 2.24) is 0 Å². The van der Waals surface area contributed by atoms with Gasteiger partial charge in [-0.1, -0.05) is 6.07 Å². The van der Waals surface area contributed by atoms with Crippen molar-refractivity contribution in [3.63, 3.8) is 0 Å². The highest BCUT2D eigenvalue weighted by atomic mass is 19.2. The monoisotopic (exact) mass is 228 g/mol. The fraction of sp³-hybridized carbons (Fsp3) is 0.500. The van der Waals surface area contributed by atoms with Crippen molar-refractivity contribution in [2.75, 3.05) is 13.2 Å². The van der Waals surface area contributed by atoms with Crippen LogP contribution in [0.1, 0.15) is 18.4 Å². The molecular weight excluding hydrogens is 214 g/mol. The highest BCUT2D eigenvalue weighted by molar-refractivity contribution is 5.19. The van der Waals surface area contributed by atoms with Crippen LogP contribution < -0.4 is 0 Å². The Kier molecular flexibility index (Phi) is 3.21. The molecule has 0 unspecified atom stereocenters. The Bertz CT molecular complexity index is 373. The number of halogens is 2. The van der Waals surface area contributed by atoms with Crippen LogP contribution >= 0.6 is 0 Å². The minimum atomic E-state index is -0.867. The molecule has 4 heteroatoms. The molecule has 0 bridgehead atoms. The second-order valence-corrected chi connectivity index (χ2v) is 4.26. The van der Waals surface area contributed by atoms with E-state index in [-0.39, 0.29) is 0 Å². The van der Waals surface area contributed by atoms with Crippen molar-refractivity contribution in [1.29, 1.82) is 0 Å². The smallest absolute Gasteiger partial charge is 0.159 e. The predicted molar refractivity (Wildman–Crippen MR) is 55.1 cm³/mol. The maximum Gasteiger partial charge on any atom is 0.159 e. The van der Waals surface area contributed by atoms with Crippen LogP contribution in [-0.2, 0) is 11.2 Å². The summed E-state index contributed by atoms with van der Waals surface area (Å²) in [6, 6.07) is 3.74. The first-order valence-corrected chi connectivity index (χ1v) is 5.33. The Morgan fingerprint density at radius 2 is 1.88 bits per heavy atom. The van der Waals surface area contributed by atoms with Gasteiger partial charge < -0.3 is 9.84 Å². The van der Waals surface area contributed by atoms with Crippen LogP contribution in [-0.4, -0.2) is 23.9 Å². The van der Waals surface area contributed by atoms with E-state index in [1.54, 1.807) is 0 Å². The first-order valence-electron chi connectivity index (χ1n) is 5.33. The molecule has 1 aliphatic rings. The molecular formula is C12H14F2O2. The minimum Gasteiger partial charge on any atom is -0.389 e. The molecule has 1 saturated heterocycles. The summed E-state index contributed by atoms with van der Waals surface area (Å²) in [5.41, 5.74) is -0.231. The maximum atomic E-state index is 13.0. The molecule has 1 fully saturated rings. The van der Waals surface area contributed by atoms with E-state index in [4.69, 9.17) is 4.74 Å². The molecule has 16 heavy (non-hydrogen) atoms. The Hall–Kier alpha value is -1.00. The van der Waals surface area contributed by atoms with E-state index in [1.165, 1.54) is 6.07 Å². The van der Waals surface area contributed by atoms with Crippen LogP contribution in [0.5, 0.6) is 0 Å². The molecule has 0 aromatic heterocycles. The molecule has 0 amide bonds. The molecule has 0 atom stereocenters. The number of benzene rings is 1. The van der Waals surface area contributed by atoms with Gasteiger partial charge in [0.25, 0.3) is 0 Å². The molecule has 0 aliphatic carbocycles. The zero-order valence-electron chi connectivity index (χ0n) is 8.88. The van der Waals surface area contributed by atoms with Gasteiger partial charge in [-0.05, 0) is 30.5 Å². The average molecular weight is 228 g/mol. The van der Waals surface area contributed by atoms with E-state index in [2.05, 4.69) is 0 Å². The molecule has 1 aromatic carbocycles. The first kappa shape index (κ1) is 11.5. The minimum absolute atomic E-state index is 0.341. The molecule has 1 aliphatic heterocycles. The van der Waals surface area contributed by atoms with E-state index >= 15 is 0 Å². The van der Waals surface area contributed by atoms with Gasteiger partial charge in [0.05, 0.1) is 5.60 Å². The van der Waals surface area contributed by atoms with Gasteiger partial charge >= 0.3 is 0 Å². The molecule has 0 radical (unpaired) electrons. The van der Waals surface area contributed by atoms with Crippen LogP contribution in [0.3, 0.4) is 0 Å². The van der Waals surface area contributed by atoms with E-state index in [0.29, 0.717) is 38.0 Å². The highest BCUT2D eigenvalue weighted by Crippen LogP contribution is 2.25. The second-order valence-electron chi connectivity index (χ2n) is 4.26. The van der Waals surface area contributed by atoms with E-state index in [1.807, 2.05) is 0 Å². The van der Waals surface area contributed by atoms with Crippen LogP contribution in [0.2, 0.25) is 0 Å². The van der Waals surface area contributed by atoms with Gasteiger partial charge in [0.1, 0.15) is 0 Å². The number of hydrogen-bond donors (Lipinski definition) is 1. The van der Waals surface area contributed by atoms with Gasteiger partial charge in [0, 0.05) is 19.6 Å². The lowest BCUT2D eigenvalue weighted by Crippen LogP contribution is -2.38. The Balaban J connectivity index is 2.10. The second kappa shape index (κ2) is 4.47. The van der Waals surface area contributed by atoms with E-state index < -0.39 is 17.2 Å². The third-order valence-electron chi connectivity index (χ3n) is 2.94. The van der Waals surface area contributed by atoms with Crippen LogP contribution in [0.4, 0.5) is 8.78 Å². The molecule has 88 valence electrons. The van der Waals surface area contributed by atoms with Crippen LogP contribution in [0.15, 0.2) is 18.2 Å². The summed E-state index contributed by atoms with van der Waals surface area (Å²) < 4.78 is 30.8. The fourth-order valence-electron chi connectivity index (χ4n) is 1.96. The number of aliphatic hydroxyl groups is 1. The van der Waals surface area contributed by atoms with Gasteiger partial charge in [-0.3, -0.25) is 0 Å². The summed E-state index contributed by atoms with van der Waals surface area (Å²) in [7, 11) is 0. The third kappa shape index (κ3) is 2.57. The summed E-state index contributed by atoms with van der Waals surface area (Å²) in [6.45, 7) is 1.03. The zero-order valence-corrected chi connectivity index (χ0v) is 8.88. The summed E-state index contributed by atoms with van der Waals surface area (Å²) in [5.74, 6) is -1.73. The van der Waals surface area contributed by atoms with Crippen molar-refractivity contribution in [2.45, 2.75) is 24.9 Å². The lowest BCUT2D eigenvalue weighted by atomic mass is 9.87. The van der Waals surface area contributed by atoms with Gasteiger partial charge in [-0.25, -0.2) is 8.78 Å². The summed E-state index contributed by atoms with van der Waals surface area (Å²) in [5, 5.41) is 10.2. The lowest BCUT2D eigenvalue weighted by Gasteiger charge is -2.32. The summed E-state index contributed by atoms with van der Waals surface area (Å²) >= 11 is 0. The van der Waals surface area contributed by atoms with Gasteiger partial charge in [-0.15, -0.1) is 0 Å². The SMILES string of the molecule is OC1(Cc2ccc(F)c(F)c2)CCOCC1. The molecule has 2 nitrogen and oxygen atoms in total. The Labute approximate surface area is 92.9 Å².